The van der Waals surface area contributed by atoms with Crippen LogP contribution in [0, 0.1) is 5.92 Å². The Kier molecular flexibility index (Phi) is 4.58. The van der Waals surface area contributed by atoms with Gasteiger partial charge in [-0.3, -0.25) is 0 Å². The van der Waals surface area contributed by atoms with Crippen LogP contribution in [0.2, 0.25) is 0 Å². The van der Waals surface area contributed by atoms with Crippen LogP contribution in [0.4, 0.5) is 0 Å². The van der Waals surface area contributed by atoms with Gasteiger partial charge in [-0.05, 0) is 25.8 Å². The molecule has 0 saturated carbocycles. The molecule has 0 aliphatic carbocycles. The van der Waals surface area contributed by atoms with Gasteiger partial charge in [0.05, 0.1) is 6.61 Å². The molecular formula is C9H20N2O. The Morgan fingerprint density at radius 2 is 2.42 bits per heavy atom. The lowest BCUT2D eigenvalue weighted by Gasteiger charge is -2.14. The van der Waals surface area contributed by atoms with Crippen LogP contribution in [0.25, 0.3) is 0 Å². The maximum atomic E-state index is 5.48. The standard InChI is InChI=1S/C9H20N2O/c1-2-12-8-9-3-5-11(7-9)6-4-10/h9H,2-8,10H2,1H3. The minimum absolute atomic E-state index is 0.747. The van der Waals surface area contributed by atoms with Gasteiger partial charge < -0.3 is 15.4 Å². The first-order valence-electron chi connectivity index (χ1n) is 4.87. The minimum Gasteiger partial charge on any atom is -0.381 e. The van der Waals surface area contributed by atoms with Crippen LogP contribution >= 0.6 is 0 Å². The second kappa shape index (κ2) is 5.51. The maximum Gasteiger partial charge on any atom is 0.0506 e. The fourth-order valence-electron chi connectivity index (χ4n) is 1.72. The van der Waals surface area contributed by atoms with Crippen molar-refractivity contribution < 1.29 is 4.74 Å². The van der Waals surface area contributed by atoms with E-state index in [0.717, 1.165) is 32.2 Å². The molecule has 0 aromatic heterocycles. The Morgan fingerprint density at radius 1 is 1.58 bits per heavy atom. The van der Waals surface area contributed by atoms with E-state index in [1.165, 1.54) is 19.5 Å². The fraction of sp³-hybridized carbons (Fsp3) is 1.00. The molecule has 0 aromatic rings. The summed E-state index contributed by atoms with van der Waals surface area (Å²) in [6, 6.07) is 0. The minimum atomic E-state index is 0.747. The third-order valence-electron chi connectivity index (χ3n) is 2.37. The van der Waals surface area contributed by atoms with Gasteiger partial charge in [0.1, 0.15) is 0 Å². The Morgan fingerprint density at radius 3 is 3.08 bits per heavy atom. The molecule has 1 saturated heterocycles. The van der Waals surface area contributed by atoms with Crippen LogP contribution < -0.4 is 5.73 Å². The van der Waals surface area contributed by atoms with Gasteiger partial charge in [0.15, 0.2) is 0 Å². The summed E-state index contributed by atoms with van der Waals surface area (Å²) in [5, 5.41) is 0. The lowest BCUT2D eigenvalue weighted by atomic mass is 10.1. The Hall–Kier alpha value is -0.120. The van der Waals surface area contributed by atoms with Crippen molar-refractivity contribution >= 4 is 0 Å². The van der Waals surface area contributed by atoms with E-state index in [4.69, 9.17) is 10.5 Å². The molecule has 1 unspecified atom stereocenters. The van der Waals surface area contributed by atoms with Crippen molar-refractivity contribution in [2.45, 2.75) is 13.3 Å². The number of nitrogens with two attached hydrogens (primary N) is 1. The molecule has 72 valence electrons. The van der Waals surface area contributed by atoms with Gasteiger partial charge >= 0.3 is 0 Å². The summed E-state index contributed by atoms with van der Waals surface area (Å²) in [6.07, 6.45) is 1.28. The van der Waals surface area contributed by atoms with Gasteiger partial charge in [-0.15, -0.1) is 0 Å². The zero-order valence-corrected chi connectivity index (χ0v) is 7.96. The number of rotatable bonds is 5. The largest absolute Gasteiger partial charge is 0.381 e. The highest BCUT2D eigenvalue weighted by molar-refractivity contribution is 4.75. The van der Waals surface area contributed by atoms with Crippen LogP contribution in [-0.4, -0.2) is 44.3 Å². The van der Waals surface area contributed by atoms with E-state index in [1.54, 1.807) is 0 Å². The molecule has 1 rings (SSSR count). The molecule has 3 nitrogen and oxygen atoms in total. The lowest BCUT2D eigenvalue weighted by Crippen LogP contribution is -2.27. The Labute approximate surface area is 74.9 Å². The molecular weight excluding hydrogens is 152 g/mol. The second-order valence-corrected chi connectivity index (χ2v) is 3.40. The fourth-order valence-corrected chi connectivity index (χ4v) is 1.72. The van der Waals surface area contributed by atoms with Crippen molar-refractivity contribution in [3.8, 4) is 0 Å². The molecule has 1 fully saturated rings. The first kappa shape index (κ1) is 9.96. The van der Waals surface area contributed by atoms with E-state index in [1.807, 2.05) is 6.92 Å². The van der Waals surface area contributed by atoms with Gasteiger partial charge in [-0.2, -0.15) is 0 Å². The zero-order valence-electron chi connectivity index (χ0n) is 7.96. The smallest absolute Gasteiger partial charge is 0.0506 e. The normalized spacial score (nSPS) is 25.0. The second-order valence-electron chi connectivity index (χ2n) is 3.40. The van der Waals surface area contributed by atoms with Crippen molar-refractivity contribution in [1.29, 1.82) is 0 Å². The van der Waals surface area contributed by atoms with Gasteiger partial charge in [0.25, 0.3) is 0 Å². The predicted octanol–water partition coefficient (Wildman–Crippen LogP) is 0.304. The van der Waals surface area contributed by atoms with Crippen molar-refractivity contribution in [2.24, 2.45) is 11.7 Å². The molecule has 3 heteroatoms. The summed E-state index contributed by atoms with van der Waals surface area (Å²) in [4.78, 5) is 2.42. The molecule has 1 aliphatic rings. The number of ether oxygens (including phenoxy) is 1. The number of nitrogens with zero attached hydrogens (tertiary/aromatic N) is 1. The third-order valence-corrected chi connectivity index (χ3v) is 2.37. The zero-order chi connectivity index (χ0) is 8.81. The van der Waals surface area contributed by atoms with E-state index in [-0.39, 0.29) is 0 Å². The van der Waals surface area contributed by atoms with Crippen molar-refractivity contribution in [2.75, 3.05) is 39.4 Å². The monoisotopic (exact) mass is 172 g/mol. The number of hydrogen-bond acceptors (Lipinski definition) is 3. The van der Waals surface area contributed by atoms with Crippen LogP contribution in [-0.2, 0) is 4.74 Å². The maximum absolute atomic E-state index is 5.48. The molecule has 1 aliphatic heterocycles. The quantitative estimate of drug-likeness (QED) is 0.648. The highest BCUT2D eigenvalue weighted by Crippen LogP contribution is 2.15. The van der Waals surface area contributed by atoms with Crippen LogP contribution in [0.15, 0.2) is 0 Å². The van der Waals surface area contributed by atoms with Crippen molar-refractivity contribution in [3.63, 3.8) is 0 Å². The Bertz CT molecular complexity index is 119. The number of hydrogen-bond donors (Lipinski definition) is 1. The molecule has 0 spiro atoms. The average Bonchev–Trinajstić information content (AvgIpc) is 2.50. The summed E-state index contributed by atoms with van der Waals surface area (Å²) in [5.74, 6) is 0.747. The highest BCUT2D eigenvalue weighted by Gasteiger charge is 2.21. The summed E-state index contributed by atoms with van der Waals surface area (Å²) in [5.41, 5.74) is 5.48. The first-order chi connectivity index (χ1) is 5.86. The van der Waals surface area contributed by atoms with E-state index in [9.17, 15) is 0 Å². The molecule has 0 bridgehead atoms. The van der Waals surface area contributed by atoms with E-state index >= 15 is 0 Å². The molecule has 0 aromatic carbocycles. The van der Waals surface area contributed by atoms with E-state index in [0.29, 0.717) is 0 Å². The summed E-state index contributed by atoms with van der Waals surface area (Å²) in [7, 11) is 0. The SMILES string of the molecule is CCOCC1CCN(CCN)C1. The Balaban J connectivity index is 2.08. The van der Waals surface area contributed by atoms with Gasteiger partial charge in [-0.1, -0.05) is 0 Å². The summed E-state index contributed by atoms with van der Waals surface area (Å²) < 4.78 is 5.39. The first-order valence-corrected chi connectivity index (χ1v) is 4.87. The predicted molar refractivity (Wildman–Crippen MR) is 50.1 cm³/mol. The molecule has 1 heterocycles. The molecule has 1 atom stereocenters. The summed E-state index contributed by atoms with van der Waals surface area (Å²) >= 11 is 0. The number of likely N-dealkylation sites (tertiary alicyclic amines) is 1. The third kappa shape index (κ3) is 3.09. The highest BCUT2D eigenvalue weighted by atomic mass is 16.5. The van der Waals surface area contributed by atoms with Crippen LogP contribution in [0.1, 0.15) is 13.3 Å². The van der Waals surface area contributed by atoms with E-state index < -0.39 is 0 Å². The van der Waals surface area contributed by atoms with Gasteiger partial charge in [-0.25, -0.2) is 0 Å². The molecule has 0 radical (unpaired) electrons. The average molecular weight is 172 g/mol. The van der Waals surface area contributed by atoms with Gasteiger partial charge in [0, 0.05) is 26.2 Å². The van der Waals surface area contributed by atoms with Gasteiger partial charge in [0.2, 0.25) is 0 Å². The topological polar surface area (TPSA) is 38.5 Å². The van der Waals surface area contributed by atoms with Crippen LogP contribution in [0.5, 0.6) is 0 Å². The van der Waals surface area contributed by atoms with Crippen LogP contribution in [0.3, 0.4) is 0 Å². The molecule has 2 N–H and O–H groups in total. The molecule has 0 amide bonds. The lowest BCUT2D eigenvalue weighted by molar-refractivity contribution is 0.112. The summed E-state index contributed by atoms with van der Waals surface area (Å²) in [6.45, 7) is 8.02. The van der Waals surface area contributed by atoms with Crippen molar-refractivity contribution in [3.05, 3.63) is 0 Å². The van der Waals surface area contributed by atoms with E-state index in [2.05, 4.69) is 4.90 Å². The molecule has 12 heavy (non-hydrogen) atoms. The van der Waals surface area contributed by atoms with Crippen molar-refractivity contribution in [1.82, 2.24) is 4.90 Å².